The zero-order valence-corrected chi connectivity index (χ0v) is 82.3. The first-order chi connectivity index (χ1) is 69.2. The third-order valence-electron chi connectivity index (χ3n) is 34.5. The van der Waals surface area contributed by atoms with Gasteiger partial charge < -0.3 is 0 Å². The molecule has 30 rings (SSSR count). The fourth-order valence-electron chi connectivity index (χ4n) is 27.8. The molecule has 0 aromatic heterocycles. The molecular formula is C142H106. The Morgan fingerprint density at radius 2 is 0.394 bits per heavy atom. The molecule has 0 N–H and O–H groups in total. The molecule has 0 atom stereocenters. The van der Waals surface area contributed by atoms with Crippen molar-refractivity contribution < 1.29 is 0 Å². The van der Waals surface area contributed by atoms with Gasteiger partial charge in [0.15, 0.2) is 0 Å². The molecule has 0 amide bonds. The third-order valence-corrected chi connectivity index (χ3v) is 34.5. The summed E-state index contributed by atoms with van der Waals surface area (Å²) in [5, 5.41) is 18.4. The first-order valence-corrected chi connectivity index (χ1v) is 51.0. The van der Waals surface area contributed by atoms with E-state index in [2.05, 4.69) is 495 Å². The highest BCUT2D eigenvalue weighted by Crippen LogP contribution is 2.62. The van der Waals surface area contributed by atoms with E-state index in [0.29, 0.717) is 0 Å². The summed E-state index contributed by atoms with van der Waals surface area (Å²) < 4.78 is 0. The van der Waals surface area contributed by atoms with E-state index in [1.807, 2.05) is 0 Å². The molecule has 0 saturated heterocycles. The first-order valence-electron chi connectivity index (χ1n) is 51.0. The second-order valence-corrected chi connectivity index (χ2v) is 43.7. The largest absolute Gasteiger partial charge is 0.0620 e. The van der Waals surface area contributed by atoms with Crippen molar-refractivity contribution in [3.63, 3.8) is 0 Å². The molecule has 23 aromatic carbocycles. The predicted octanol–water partition coefficient (Wildman–Crippen LogP) is 38.0. The molecule has 0 radical (unpaired) electrons. The van der Waals surface area contributed by atoms with Crippen molar-refractivity contribution >= 4 is 75.4 Å². The van der Waals surface area contributed by atoms with Crippen LogP contribution in [0.1, 0.15) is 139 Å². The number of hydrogen-bond donors (Lipinski definition) is 0. The van der Waals surface area contributed by atoms with E-state index in [0.717, 1.165) is 12.8 Å². The van der Waals surface area contributed by atoms with Gasteiger partial charge in [0.05, 0.1) is 0 Å². The molecule has 23 aromatic rings. The van der Waals surface area contributed by atoms with Gasteiger partial charge in [-0.3, -0.25) is 0 Å². The topological polar surface area (TPSA) is 0 Å². The number of hydrogen-bond acceptors (Lipinski definition) is 0. The smallest absolute Gasteiger partial charge is 0.0296 e. The predicted molar refractivity (Wildman–Crippen MR) is 603 cm³/mol. The Bertz CT molecular complexity index is 9460. The minimum Gasteiger partial charge on any atom is -0.0620 e. The summed E-state index contributed by atoms with van der Waals surface area (Å²) in [6.07, 6.45) is 2.10. The molecule has 7 aliphatic carbocycles. The lowest BCUT2D eigenvalue weighted by atomic mass is 9.75. The van der Waals surface area contributed by atoms with Gasteiger partial charge in [0, 0.05) is 27.1 Å². The minimum atomic E-state index is -0.0543. The lowest BCUT2D eigenvalue weighted by molar-refractivity contribution is 0.564. The van der Waals surface area contributed by atoms with Crippen molar-refractivity contribution in [2.24, 2.45) is 0 Å². The van der Waals surface area contributed by atoms with Crippen molar-refractivity contribution in [2.45, 2.75) is 116 Å². The van der Waals surface area contributed by atoms with Crippen molar-refractivity contribution in [3.05, 3.63) is 502 Å². The summed E-state index contributed by atoms with van der Waals surface area (Å²) in [6.45, 7) is 25.6. The molecule has 0 heteroatoms. The normalized spacial score (nSPS) is 14.8. The van der Waals surface area contributed by atoms with Crippen LogP contribution in [0.2, 0.25) is 0 Å². The van der Waals surface area contributed by atoms with Gasteiger partial charge in [0.2, 0.25) is 0 Å². The molecule has 0 bridgehead atoms. The van der Waals surface area contributed by atoms with Crippen molar-refractivity contribution in [2.75, 3.05) is 0 Å². The van der Waals surface area contributed by atoms with Gasteiger partial charge in [-0.25, -0.2) is 0 Å². The van der Waals surface area contributed by atoms with Crippen LogP contribution in [-0.2, 0) is 39.9 Å². The fraction of sp³-hybridized carbons (Fsp3) is 0.127. The number of benzene rings is 23. The van der Waals surface area contributed by atoms with Crippen LogP contribution >= 0.6 is 0 Å². The minimum absolute atomic E-state index is 0.00341. The molecular weight excluding hydrogens is 1710 g/mol. The molecule has 0 unspecified atom stereocenters. The van der Waals surface area contributed by atoms with E-state index in [-0.39, 0.29) is 27.1 Å². The highest BCUT2D eigenvalue weighted by atomic mass is 14.5. The van der Waals surface area contributed by atoms with E-state index in [9.17, 15) is 0 Å². The number of aryl methyl sites for hydroxylation is 3. The molecule has 0 nitrogen and oxygen atoms in total. The number of fused-ring (bicyclic) bond motifs is 27. The molecule has 0 fully saturated rings. The van der Waals surface area contributed by atoms with E-state index in [4.69, 9.17) is 0 Å². The van der Waals surface area contributed by atoms with E-state index in [1.165, 1.54) is 304 Å². The average molecular weight is 1810 g/mol. The number of rotatable bonds is 6. The highest BCUT2D eigenvalue weighted by Gasteiger charge is 2.48. The van der Waals surface area contributed by atoms with Crippen LogP contribution in [0.15, 0.2) is 419 Å². The SMILES string of the molecule is Cc1ccc2c(-c3ccc4c(c3)-c3ccccc3C4(C)C)c3ccccc3c(-c3ccc4c(c3)C(C)(C)c3ccccc3-4)c2c1.Cc1ccc2c(-c3ccc4c(c3)C3(Cc5ccccc5C3)c3ccccc3-4)c3ccccc3c(-c3ccc4c(c3)C(C)(C)c3ccccc3-4)c2c1.Cc1ccc2c(-c3ccc4c5c(cccc35)-c3ccccc3-4)c3ccccc3c(-c3ccc4c(c3)C(C)(C)c3ccccc3-4)c2c1. The van der Waals surface area contributed by atoms with Crippen LogP contribution in [0.25, 0.3) is 220 Å². The van der Waals surface area contributed by atoms with Gasteiger partial charge in [-0.15, -0.1) is 0 Å². The summed E-state index contributed by atoms with van der Waals surface area (Å²) >= 11 is 0. The van der Waals surface area contributed by atoms with Gasteiger partial charge in [-0.05, 0) is 351 Å². The summed E-state index contributed by atoms with van der Waals surface area (Å²) in [5.41, 5.74) is 55.7. The molecule has 0 aliphatic heterocycles. The van der Waals surface area contributed by atoms with Crippen LogP contribution in [0.4, 0.5) is 0 Å². The van der Waals surface area contributed by atoms with E-state index >= 15 is 0 Å². The van der Waals surface area contributed by atoms with Crippen LogP contribution < -0.4 is 0 Å². The standard InChI is InChI=1S/C51H38.C46H32.C45H36/c1-31-20-23-42-43(26-31)49(32-21-24-38-36-14-8-10-18-44(36)50(2,3)46(38)27-32)41-17-7-6-16-40(41)48(42)33-22-25-39-37-15-9-11-19-45(37)51(47(39)28-33)29-34-12-4-5-13-35(34)30-51;1-27-19-21-39-40(25-27)43(28-20-22-32-31-13-8-9-18-41(31)46(2,3)42(32)26-28)34-14-6-7-15-35(34)45(39)38-24-23-37-30-12-5-4-11-29(30)33-16-10-17-36(38)44(33)37;1-27-18-21-35-37(24-27)43(29-19-22-32-30-12-8-10-16-38(30)45(4,5)41(32)26-29)34-15-7-6-14-33(34)42(35)28-20-23-40-36(25-28)31-13-9-11-17-39(31)44(40,2)3/h4-28H,29-30H2,1-3H3;4-26H,1-3H3;6-26H,1-5H3. The monoisotopic (exact) mass is 1810 g/mol. The Morgan fingerprint density at radius 1 is 0.148 bits per heavy atom. The second-order valence-electron chi connectivity index (χ2n) is 43.7. The van der Waals surface area contributed by atoms with Gasteiger partial charge in [-0.1, -0.05) is 460 Å². The van der Waals surface area contributed by atoms with Crippen LogP contribution in [0, 0.1) is 20.8 Å². The average Bonchev–Trinajstić information content (AvgIpc) is 1.55. The Morgan fingerprint density at radius 3 is 0.803 bits per heavy atom. The van der Waals surface area contributed by atoms with Crippen LogP contribution in [-0.4, -0.2) is 0 Å². The van der Waals surface area contributed by atoms with Gasteiger partial charge in [-0.2, -0.15) is 0 Å². The van der Waals surface area contributed by atoms with Crippen LogP contribution in [0.5, 0.6) is 0 Å². The van der Waals surface area contributed by atoms with Crippen molar-refractivity contribution in [1.82, 2.24) is 0 Å². The zero-order valence-electron chi connectivity index (χ0n) is 82.3. The highest BCUT2D eigenvalue weighted by molar-refractivity contribution is 6.28. The third kappa shape index (κ3) is 12.0. The van der Waals surface area contributed by atoms with Gasteiger partial charge >= 0.3 is 0 Å². The Hall–Kier alpha value is -16.1. The zero-order chi connectivity index (χ0) is 95.5. The Kier molecular flexibility index (Phi) is 18.2. The Balaban J connectivity index is 0.000000104. The molecule has 7 aliphatic rings. The molecule has 0 heterocycles. The lowest BCUT2D eigenvalue weighted by Crippen LogP contribution is -2.25. The summed E-state index contributed by atoms with van der Waals surface area (Å²) in [5.74, 6) is 0. The van der Waals surface area contributed by atoms with Crippen LogP contribution in [0.3, 0.4) is 0 Å². The van der Waals surface area contributed by atoms with Gasteiger partial charge in [0.25, 0.3) is 0 Å². The second kappa shape index (κ2) is 30.7. The maximum absolute atomic E-state index is 2.57. The molecule has 0 saturated carbocycles. The quantitative estimate of drug-likeness (QED) is 0.146. The van der Waals surface area contributed by atoms with E-state index in [1.54, 1.807) is 0 Å². The maximum Gasteiger partial charge on any atom is 0.0296 e. The molecule has 142 heavy (non-hydrogen) atoms. The fourth-order valence-corrected chi connectivity index (χ4v) is 27.8. The Labute approximate surface area is 832 Å². The van der Waals surface area contributed by atoms with Crippen molar-refractivity contribution in [3.8, 4) is 145 Å². The molecule has 674 valence electrons. The summed E-state index contributed by atoms with van der Waals surface area (Å²) in [4.78, 5) is 0. The lowest BCUT2D eigenvalue weighted by Gasteiger charge is -2.27. The maximum atomic E-state index is 2.57. The van der Waals surface area contributed by atoms with Crippen molar-refractivity contribution in [1.29, 1.82) is 0 Å². The summed E-state index contributed by atoms with van der Waals surface area (Å²) in [6, 6.07) is 159. The van der Waals surface area contributed by atoms with E-state index < -0.39 is 0 Å². The first kappa shape index (κ1) is 84.0. The van der Waals surface area contributed by atoms with Gasteiger partial charge in [0.1, 0.15) is 0 Å². The summed E-state index contributed by atoms with van der Waals surface area (Å²) in [7, 11) is 0. The molecule has 1 spiro atoms.